The van der Waals surface area contributed by atoms with Gasteiger partial charge in [0.1, 0.15) is 17.0 Å². The summed E-state index contributed by atoms with van der Waals surface area (Å²) < 4.78 is 12.3. The van der Waals surface area contributed by atoms with Crippen LogP contribution in [0.15, 0.2) is 28.7 Å². The van der Waals surface area contributed by atoms with Crippen LogP contribution in [0.5, 0.6) is 0 Å². The van der Waals surface area contributed by atoms with Crippen molar-refractivity contribution in [1.82, 2.24) is 10.3 Å². The van der Waals surface area contributed by atoms with Crippen LogP contribution in [0.1, 0.15) is 95.1 Å². The molecule has 35 heavy (non-hydrogen) atoms. The summed E-state index contributed by atoms with van der Waals surface area (Å²) in [6.45, 7) is 6.72. The molecule has 2 aromatic rings. The van der Waals surface area contributed by atoms with Crippen molar-refractivity contribution in [2.75, 3.05) is 0 Å². The molecule has 2 fully saturated rings. The molecule has 7 heteroatoms. The third kappa shape index (κ3) is 5.77. The highest BCUT2D eigenvalue weighted by molar-refractivity contribution is 5.88. The summed E-state index contributed by atoms with van der Waals surface area (Å²) in [7, 11) is 0. The molecule has 1 amide bonds. The fourth-order valence-electron chi connectivity index (χ4n) is 5.35. The van der Waals surface area contributed by atoms with Crippen molar-refractivity contribution in [3.05, 3.63) is 41.3 Å². The van der Waals surface area contributed by atoms with Crippen molar-refractivity contribution in [2.45, 2.75) is 103 Å². The second-order valence-corrected chi connectivity index (χ2v) is 10.4. The summed E-state index contributed by atoms with van der Waals surface area (Å²) in [5.41, 5.74) is 1.94. The molecule has 2 atom stereocenters. The van der Waals surface area contributed by atoms with Crippen LogP contribution < -0.4 is 5.32 Å². The van der Waals surface area contributed by atoms with E-state index in [1.165, 1.54) is 5.56 Å². The summed E-state index contributed by atoms with van der Waals surface area (Å²) in [6.07, 6.45) is 6.50. The first-order valence-corrected chi connectivity index (χ1v) is 13.1. The van der Waals surface area contributed by atoms with Gasteiger partial charge in [0.15, 0.2) is 0 Å². The highest BCUT2D eigenvalue weighted by Crippen LogP contribution is 2.33. The van der Waals surface area contributed by atoms with E-state index in [4.69, 9.17) is 14.1 Å². The molecule has 2 saturated carbocycles. The largest absolute Gasteiger partial charge is 0.480 e. The Morgan fingerprint density at radius 2 is 1.89 bits per heavy atom. The monoisotopic (exact) mass is 482 g/mol. The van der Waals surface area contributed by atoms with E-state index >= 15 is 0 Å². The summed E-state index contributed by atoms with van der Waals surface area (Å²) in [4.78, 5) is 29.5. The van der Waals surface area contributed by atoms with Crippen LogP contribution in [0.4, 0.5) is 0 Å². The summed E-state index contributed by atoms with van der Waals surface area (Å²) in [5.74, 6) is 0.613. The van der Waals surface area contributed by atoms with Gasteiger partial charge in [-0.25, -0.2) is 9.78 Å². The average Bonchev–Trinajstić information content (AvgIpc) is 3.51. The Labute approximate surface area is 207 Å². The van der Waals surface area contributed by atoms with Crippen LogP contribution in [-0.4, -0.2) is 33.6 Å². The third-order valence-electron chi connectivity index (χ3n) is 7.61. The second-order valence-electron chi connectivity index (χ2n) is 10.4. The van der Waals surface area contributed by atoms with Gasteiger partial charge in [-0.05, 0) is 55.7 Å². The number of ether oxygens (including phenoxy) is 1. The van der Waals surface area contributed by atoms with Gasteiger partial charge in [0.05, 0.1) is 12.7 Å². The molecule has 0 unspecified atom stereocenters. The molecule has 1 aromatic carbocycles. The minimum Gasteiger partial charge on any atom is -0.480 e. The fourth-order valence-corrected chi connectivity index (χ4v) is 5.35. The number of carboxylic acid groups (broad SMARTS) is 1. The quantitative estimate of drug-likeness (QED) is 0.481. The number of nitrogens with zero attached hydrogens (tertiary/aromatic N) is 1. The Hall–Kier alpha value is -2.67. The number of oxazole rings is 1. The van der Waals surface area contributed by atoms with Crippen molar-refractivity contribution >= 4 is 11.9 Å². The lowest BCUT2D eigenvalue weighted by Crippen LogP contribution is -2.54. The molecule has 0 radical (unpaired) electrons. The first-order valence-electron chi connectivity index (χ1n) is 13.1. The van der Waals surface area contributed by atoms with E-state index in [2.05, 4.69) is 31.3 Å². The number of carboxylic acids is 1. The predicted octanol–water partition coefficient (Wildman–Crippen LogP) is 5.62. The topological polar surface area (TPSA) is 102 Å². The molecule has 1 aromatic heterocycles. The number of nitrogens with one attached hydrogen (secondary N) is 1. The van der Waals surface area contributed by atoms with E-state index in [0.717, 1.165) is 55.5 Å². The van der Waals surface area contributed by atoms with Gasteiger partial charge < -0.3 is 19.6 Å². The van der Waals surface area contributed by atoms with Crippen molar-refractivity contribution in [3.8, 4) is 11.5 Å². The van der Waals surface area contributed by atoms with Crippen LogP contribution in [0.25, 0.3) is 11.5 Å². The Morgan fingerprint density at radius 1 is 1.17 bits per heavy atom. The zero-order valence-corrected chi connectivity index (χ0v) is 21.1. The van der Waals surface area contributed by atoms with Crippen molar-refractivity contribution in [2.24, 2.45) is 5.92 Å². The van der Waals surface area contributed by atoms with E-state index in [0.29, 0.717) is 37.7 Å². The Morgan fingerprint density at radius 3 is 2.51 bits per heavy atom. The molecular weight excluding hydrogens is 444 g/mol. The molecule has 190 valence electrons. The number of hydrogen-bond acceptors (Lipinski definition) is 5. The number of rotatable bonds is 9. The molecule has 2 aliphatic rings. The highest BCUT2D eigenvalue weighted by atomic mass is 16.5. The molecule has 0 bridgehead atoms. The van der Waals surface area contributed by atoms with E-state index in [9.17, 15) is 14.7 Å². The minimum absolute atomic E-state index is 0.0564. The summed E-state index contributed by atoms with van der Waals surface area (Å²) in [5, 5.41) is 12.6. The number of benzene rings is 1. The maximum absolute atomic E-state index is 13.0. The number of aliphatic carboxylic acids is 1. The SMILES string of the molecule is CCc1oc(-c2ccc(C(C)C)cc2)nc1CO[C@@H]1CCC[C@H](C(=O)NC2(C(=O)O)CCCC2)C1. The van der Waals surface area contributed by atoms with Gasteiger partial charge in [0.2, 0.25) is 11.8 Å². The number of aryl methyl sites for hydroxylation is 1. The minimum atomic E-state index is -1.09. The number of aromatic nitrogens is 1. The van der Waals surface area contributed by atoms with Crippen molar-refractivity contribution in [3.63, 3.8) is 0 Å². The molecule has 1 heterocycles. The zero-order chi connectivity index (χ0) is 25.0. The molecule has 0 saturated heterocycles. The van der Waals surface area contributed by atoms with Crippen LogP contribution in [0.2, 0.25) is 0 Å². The van der Waals surface area contributed by atoms with E-state index < -0.39 is 11.5 Å². The Balaban J connectivity index is 1.37. The fraction of sp³-hybridized carbons (Fsp3) is 0.607. The molecule has 4 rings (SSSR count). The van der Waals surface area contributed by atoms with Gasteiger partial charge in [-0.2, -0.15) is 0 Å². The summed E-state index contributed by atoms with van der Waals surface area (Å²) >= 11 is 0. The number of carbonyl (C=O) groups excluding carboxylic acids is 1. The molecule has 2 N–H and O–H groups in total. The first-order chi connectivity index (χ1) is 16.8. The number of hydrogen-bond donors (Lipinski definition) is 2. The number of carbonyl (C=O) groups is 2. The van der Waals surface area contributed by atoms with Crippen LogP contribution in [-0.2, 0) is 27.4 Å². The number of amides is 1. The molecule has 2 aliphatic carbocycles. The smallest absolute Gasteiger partial charge is 0.329 e. The maximum atomic E-state index is 13.0. The lowest BCUT2D eigenvalue weighted by molar-refractivity contribution is -0.148. The van der Waals surface area contributed by atoms with Gasteiger partial charge in [-0.3, -0.25) is 4.79 Å². The van der Waals surface area contributed by atoms with Gasteiger partial charge >= 0.3 is 5.97 Å². The normalized spacial score (nSPS) is 21.8. The van der Waals surface area contributed by atoms with E-state index in [1.54, 1.807) is 0 Å². The molecule has 0 aliphatic heterocycles. The zero-order valence-electron chi connectivity index (χ0n) is 21.1. The second kappa shape index (κ2) is 10.9. The van der Waals surface area contributed by atoms with Gasteiger partial charge in [0, 0.05) is 17.9 Å². The maximum Gasteiger partial charge on any atom is 0.329 e. The third-order valence-corrected chi connectivity index (χ3v) is 7.61. The van der Waals surface area contributed by atoms with Crippen LogP contribution in [0, 0.1) is 5.92 Å². The standard InChI is InChI=1S/C28H38N2O5/c1-4-24-23(29-26(35-24)20-12-10-19(11-13-20)18(2)3)17-34-22-9-7-8-21(16-22)25(31)30-28(27(32)33)14-5-6-15-28/h10-13,18,21-22H,4-9,14-17H2,1-3H3,(H,30,31)(H,32,33)/t21-,22+/m0/s1. The van der Waals surface area contributed by atoms with Gasteiger partial charge in [-0.1, -0.05) is 52.2 Å². The van der Waals surface area contributed by atoms with Crippen LogP contribution in [0.3, 0.4) is 0 Å². The van der Waals surface area contributed by atoms with Crippen molar-refractivity contribution in [1.29, 1.82) is 0 Å². The lowest BCUT2D eigenvalue weighted by atomic mass is 9.85. The van der Waals surface area contributed by atoms with E-state index in [1.807, 2.05) is 19.1 Å². The van der Waals surface area contributed by atoms with Crippen LogP contribution >= 0.6 is 0 Å². The van der Waals surface area contributed by atoms with Gasteiger partial charge in [-0.15, -0.1) is 0 Å². The molecule has 7 nitrogen and oxygen atoms in total. The molecule has 0 spiro atoms. The van der Waals surface area contributed by atoms with E-state index in [-0.39, 0.29) is 17.9 Å². The van der Waals surface area contributed by atoms with Crippen molar-refractivity contribution < 1.29 is 23.8 Å². The van der Waals surface area contributed by atoms with Gasteiger partial charge in [0.25, 0.3) is 0 Å². The Bertz CT molecular complexity index is 1020. The Kier molecular flexibility index (Phi) is 7.95. The average molecular weight is 483 g/mol. The predicted molar refractivity (Wildman–Crippen MR) is 133 cm³/mol. The lowest BCUT2D eigenvalue weighted by Gasteiger charge is -2.32. The summed E-state index contributed by atoms with van der Waals surface area (Å²) in [6, 6.07) is 8.31. The first kappa shape index (κ1) is 25.4. The highest BCUT2D eigenvalue weighted by Gasteiger charge is 2.44. The molecular formula is C28H38N2O5.